The molecule has 3 aromatic heterocycles. The Morgan fingerprint density at radius 2 is 1.91 bits per heavy atom. The van der Waals surface area contributed by atoms with Crippen LogP contribution in [0.25, 0.3) is 10.9 Å². The van der Waals surface area contributed by atoms with Gasteiger partial charge in [0.25, 0.3) is 5.91 Å². The lowest BCUT2D eigenvalue weighted by atomic mass is 10.1. The number of fused-ring (bicyclic) bond motifs is 1. The molecule has 0 bridgehead atoms. The second-order valence-electron chi connectivity index (χ2n) is 7.31. The molecular weight excluding hydrogens is 532 g/mol. The van der Waals surface area contributed by atoms with Gasteiger partial charge < -0.3 is 0 Å². The number of sulfone groups is 1. The number of carbonyl (C=O) groups excluding carboxylic acids is 1. The number of anilines is 1. The Bertz CT molecular complexity index is 1560. The highest BCUT2D eigenvalue weighted by molar-refractivity contribution is 7.90. The summed E-state index contributed by atoms with van der Waals surface area (Å²) in [5.74, 6) is -1.69. The Labute approximate surface area is 204 Å². The maximum absolute atomic E-state index is 13.7. The summed E-state index contributed by atoms with van der Waals surface area (Å²) >= 11 is 6.00. The van der Waals surface area contributed by atoms with Crippen molar-refractivity contribution < 1.29 is 30.8 Å². The van der Waals surface area contributed by atoms with Gasteiger partial charge in [-0.2, -0.15) is 13.2 Å². The monoisotopic (exact) mass is 544 g/mol. The second-order valence-corrected chi connectivity index (χ2v) is 10.5. The topological polar surface area (TPSA) is 93.1 Å². The Morgan fingerprint density at radius 1 is 1.17 bits per heavy atom. The summed E-state index contributed by atoms with van der Waals surface area (Å²) in [6, 6.07) is 8.43. The van der Waals surface area contributed by atoms with E-state index in [-0.39, 0.29) is 28.7 Å². The van der Waals surface area contributed by atoms with Crippen molar-refractivity contribution in [2.45, 2.75) is 17.7 Å². The predicted octanol–water partition coefficient (Wildman–Crippen LogP) is 5.15. The maximum Gasteiger partial charge on any atom is 0.443 e. The summed E-state index contributed by atoms with van der Waals surface area (Å²) in [4.78, 5) is 25.5. The summed E-state index contributed by atoms with van der Waals surface area (Å²) in [5.41, 5.74) is 0.0425. The molecule has 0 saturated carbocycles. The fourth-order valence-corrected chi connectivity index (χ4v) is 4.84. The molecule has 35 heavy (non-hydrogen) atoms. The van der Waals surface area contributed by atoms with Crippen LogP contribution < -0.4 is 4.90 Å². The van der Waals surface area contributed by atoms with Crippen LogP contribution in [0, 0.1) is 5.82 Å². The van der Waals surface area contributed by atoms with Crippen molar-refractivity contribution in [2.24, 2.45) is 0 Å². The van der Waals surface area contributed by atoms with Gasteiger partial charge in [0.05, 0.1) is 17.7 Å². The molecule has 0 aliphatic carbocycles. The molecule has 0 saturated heterocycles. The van der Waals surface area contributed by atoms with Gasteiger partial charge >= 0.3 is 6.18 Å². The number of amides is 1. The molecule has 3 heterocycles. The molecule has 4 aromatic rings. The van der Waals surface area contributed by atoms with Crippen LogP contribution in [0.1, 0.15) is 21.1 Å². The number of pyridine rings is 2. The van der Waals surface area contributed by atoms with Crippen molar-refractivity contribution in [3.05, 3.63) is 75.2 Å². The van der Waals surface area contributed by atoms with Crippen LogP contribution >= 0.6 is 22.9 Å². The first-order chi connectivity index (χ1) is 16.3. The van der Waals surface area contributed by atoms with Crippen molar-refractivity contribution >= 4 is 55.3 Å². The number of alkyl halides is 3. The minimum absolute atomic E-state index is 0.147. The van der Waals surface area contributed by atoms with Crippen molar-refractivity contribution in [1.82, 2.24) is 15.0 Å². The standard InChI is InChI=1S/C21H13ClF4N4O3S2/c1-35(32,33)18-16(3-2-6-27-18)30(19(31)15-10-34-20(29-15)21(24,25)26)9-11-4-5-12-8-13(23)17(22)28-14(12)7-11/h2-8,10H,9H2,1H3. The molecule has 4 rings (SSSR count). The van der Waals surface area contributed by atoms with Crippen LogP contribution in [-0.4, -0.2) is 35.5 Å². The lowest BCUT2D eigenvalue weighted by Crippen LogP contribution is -2.32. The molecule has 0 unspecified atom stereocenters. The van der Waals surface area contributed by atoms with Crippen LogP contribution in [0.5, 0.6) is 0 Å². The Hall–Kier alpha value is -3.16. The van der Waals surface area contributed by atoms with Crippen LogP contribution in [-0.2, 0) is 22.6 Å². The number of carbonyl (C=O) groups is 1. The zero-order chi connectivity index (χ0) is 25.5. The molecule has 0 fully saturated rings. The second kappa shape index (κ2) is 9.13. The largest absolute Gasteiger partial charge is 0.443 e. The molecule has 0 aliphatic heterocycles. The van der Waals surface area contributed by atoms with Crippen molar-refractivity contribution in [3.8, 4) is 0 Å². The highest BCUT2D eigenvalue weighted by Gasteiger charge is 2.36. The van der Waals surface area contributed by atoms with E-state index >= 15 is 0 Å². The van der Waals surface area contributed by atoms with E-state index in [1.54, 1.807) is 0 Å². The highest BCUT2D eigenvalue weighted by Crippen LogP contribution is 2.33. The maximum atomic E-state index is 13.7. The van der Waals surface area contributed by atoms with Crippen molar-refractivity contribution in [2.75, 3.05) is 11.2 Å². The number of hydrogen-bond donors (Lipinski definition) is 0. The zero-order valence-corrected chi connectivity index (χ0v) is 19.9. The van der Waals surface area contributed by atoms with Gasteiger partial charge in [-0.15, -0.1) is 11.3 Å². The molecule has 0 radical (unpaired) electrons. The molecular formula is C21H13ClF4N4O3S2. The number of rotatable bonds is 5. The molecule has 14 heteroatoms. The Balaban J connectivity index is 1.83. The minimum Gasteiger partial charge on any atom is -0.300 e. The number of benzene rings is 1. The third-order valence-corrected chi connectivity index (χ3v) is 6.91. The summed E-state index contributed by atoms with van der Waals surface area (Å²) in [6.07, 6.45) is -2.65. The van der Waals surface area contributed by atoms with Gasteiger partial charge in [0.15, 0.2) is 30.8 Å². The Kier molecular flexibility index (Phi) is 6.51. The highest BCUT2D eigenvalue weighted by atomic mass is 35.5. The van der Waals surface area contributed by atoms with E-state index in [0.29, 0.717) is 16.5 Å². The molecule has 0 spiro atoms. The molecule has 1 amide bonds. The predicted molar refractivity (Wildman–Crippen MR) is 122 cm³/mol. The van der Waals surface area contributed by atoms with Gasteiger partial charge in [0, 0.05) is 23.2 Å². The van der Waals surface area contributed by atoms with E-state index < -0.39 is 43.5 Å². The summed E-state index contributed by atoms with van der Waals surface area (Å²) in [7, 11) is -3.92. The number of aromatic nitrogens is 3. The number of hydrogen-bond acceptors (Lipinski definition) is 7. The van der Waals surface area contributed by atoms with Crippen molar-refractivity contribution in [1.29, 1.82) is 0 Å². The van der Waals surface area contributed by atoms with E-state index in [1.807, 2.05) is 0 Å². The van der Waals surface area contributed by atoms with Gasteiger partial charge in [-0.3, -0.25) is 9.69 Å². The van der Waals surface area contributed by atoms with E-state index in [0.717, 1.165) is 16.5 Å². The average molecular weight is 545 g/mol. The van der Waals surface area contributed by atoms with Gasteiger partial charge in [0.2, 0.25) is 0 Å². The normalized spacial score (nSPS) is 12.2. The van der Waals surface area contributed by atoms with Gasteiger partial charge in [0.1, 0.15) is 5.69 Å². The van der Waals surface area contributed by atoms with Gasteiger partial charge in [-0.1, -0.05) is 23.7 Å². The van der Waals surface area contributed by atoms with Gasteiger partial charge in [-0.25, -0.2) is 27.8 Å². The summed E-state index contributed by atoms with van der Waals surface area (Å²) in [6.45, 7) is -0.279. The molecule has 0 atom stereocenters. The van der Waals surface area contributed by atoms with Crippen LogP contribution in [0.3, 0.4) is 0 Å². The summed E-state index contributed by atoms with van der Waals surface area (Å²) in [5, 5.41) is -0.665. The molecule has 0 aliphatic rings. The molecule has 7 nitrogen and oxygen atoms in total. The molecule has 0 N–H and O–H groups in total. The number of thiazole rings is 1. The summed E-state index contributed by atoms with van der Waals surface area (Å²) < 4.78 is 77.5. The molecule has 1 aromatic carbocycles. The quantitative estimate of drug-likeness (QED) is 0.255. The smallest absolute Gasteiger partial charge is 0.300 e. The van der Waals surface area contributed by atoms with Crippen LogP contribution in [0.4, 0.5) is 23.2 Å². The fourth-order valence-electron chi connectivity index (χ4n) is 3.22. The number of halogens is 5. The third kappa shape index (κ3) is 5.26. The van der Waals surface area contributed by atoms with Gasteiger partial charge in [-0.05, 0) is 29.8 Å². The molecule has 182 valence electrons. The first-order valence-corrected chi connectivity index (χ1v) is 12.7. The first kappa shape index (κ1) is 24.9. The SMILES string of the molecule is CS(=O)(=O)c1ncccc1N(Cc1ccc2cc(F)c(Cl)nc2c1)C(=O)c1csc(C(F)(F)F)n1. The first-order valence-electron chi connectivity index (χ1n) is 9.59. The van der Waals surface area contributed by atoms with Crippen LogP contribution in [0.2, 0.25) is 5.15 Å². The zero-order valence-electron chi connectivity index (χ0n) is 17.5. The van der Waals surface area contributed by atoms with Crippen molar-refractivity contribution in [3.63, 3.8) is 0 Å². The van der Waals surface area contributed by atoms with E-state index in [9.17, 15) is 30.8 Å². The van der Waals surface area contributed by atoms with Crippen LogP contribution in [0.15, 0.2) is 53.0 Å². The minimum atomic E-state index is -4.75. The van der Waals surface area contributed by atoms with E-state index in [1.165, 1.54) is 42.6 Å². The lowest BCUT2D eigenvalue weighted by Gasteiger charge is -2.24. The third-order valence-electron chi connectivity index (χ3n) is 4.74. The number of nitrogens with zero attached hydrogens (tertiary/aromatic N) is 4. The lowest BCUT2D eigenvalue weighted by molar-refractivity contribution is -0.137. The van der Waals surface area contributed by atoms with E-state index in [2.05, 4.69) is 15.0 Å². The fraction of sp³-hybridized carbons (Fsp3) is 0.143. The Morgan fingerprint density at radius 3 is 2.57 bits per heavy atom. The average Bonchev–Trinajstić information content (AvgIpc) is 3.28. The van der Waals surface area contributed by atoms with E-state index in [4.69, 9.17) is 11.6 Å².